The number of aliphatic hydroxyl groups excluding tert-OH is 1. The van der Waals surface area contributed by atoms with Gasteiger partial charge in [-0.15, -0.1) is 0 Å². The first-order chi connectivity index (χ1) is 8.16. The number of nitrogens with zero attached hydrogens (tertiary/aromatic N) is 1. The van der Waals surface area contributed by atoms with E-state index in [0.29, 0.717) is 12.1 Å². The molecular weight excluding hydrogens is 297 g/mol. The summed E-state index contributed by atoms with van der Waals surface area (Å²) < 4.78 is 15.4. The van der Waals surface area contributed by atoms with Crippen LogP contribution in [0.15, 0.2) is 48.8 Å². The van der Waals surface area contributed by atoms with Crippen molar-refractivity contribution in [2.75, 3.05) is 0 Å². The minimum atomic E-state index is -0.777. The molecule has 4 heteroatoms. The Balaban J connectivity index is 0.00000162. The normalized spacial score (nSPS) is 11.7. The second-order valence-corrected chi connectivity index (χ2v) is 4.08. The third-order valence-electron chi connectivity index (χ3n) is 2.66. The molecule has 0 fully saturated rings. The van der Waals surface area contributed by atoms with Crippen molar-refractivity contribution in [1.82, 2.24) is 0 Å². The molecule has 0 aliphatic heterocycles. The largest absolute Gasteiger partial charge is 1.00 e. The molecule has 1 aromatic heterocycles. The van der Waals surface area contributed by atoms with Crippen LogP contribution >= 0.6 is 0 Å². The number of aliphatic hydroxyl groups is 1. The number of rotatable bonds is 3. The van der Waals surface area contributed by atoms with Crippen molar-refractivity contribution < 1.29 is 31.0 Å². The molecule has 2 aromatic rings. The summed E-state index contributed by atoms with van der Waals surface area (Å²) in [6.45, 7) is 2.18. The van der Waals surface area contributed by atoms with Crippen LogP contribution in [0.5, 0.6) is 0 Å². The molecule has 0 unspecified atom stereocenters. The number of benzene rings is 1. The summed E-state index contributed by atoms with van der Waals surface area (Å²) in [5.41, 5.74) is 1.44. The zero-order valence-electron chi connectivity index (χ0n) is 10.1. The van der Waals surface area contributed by atoms with E-state index in [4.69, 9.17) is 0 Å². The van der Waals surface area contributed by atoms with Crippen LogP contribution in [0.1, 0.15) is 24.2 Å². The van der Waals surface area contributed by atoms with Gasteiger partial charge in [0.2, 0.25) is 6.20 Å². The Bertz CT molecular complexity index is 502. The predicted molar refractivity (Wildman–Crippen MR) is 62.8 cm³/mol. The van der Waals surface area contributed by atoms with Gasteiger partial charge in [0.1, 0.15) is 0 Å². The first-order valence-electron chi connectivity index (χ1n) is 5.57. The topological polar surface area (TPSA) is 24.1 Å². The van der Waals surface area contributed by atoms with Crippen LogP contribution in [0, 0.1) is 5.82 Å². The van der Waals surface area contributed by atoms with Crippen molar-refractivity contribution in [3.63, 3.8) is 0 Å². The van der Waals surface area contributed by atoms with Gasteiger partial charge >= 0.3 is 0 Å². The lowest BCUT2D eigenvalue weighted by atomic mass is 10.1. The monoisotopic (exact) mass is 311 g/mol. The third kappa shape index (κ3) is 3.62. The summed E-state index contributed by atoms with van der Waals surface area (Å²) in [5.74, 6) is -0.376. The maximum Gasteiger partial charge on any atom is 0.205 e. The molecule has 0 aliphatic rings. The SMILES string of the molecule is C[C@@H](O)c1cc[n+](Cc2ccccc2)cc1F.[Br-]. The van der Waals surface area contributed by atoms with Gasteiger partial charge in [-0.1, -0.05) is 30.3 Å². The van der Waals surface area contributed by atoms with Crippen molar-refractivity contribution in [3.8, 4) is 0 Å². The van der Waals surface area contributed by atoms with Crippen LogP contribution in [0.2, 0.25) is 0 Å². The number of hydrogen-bond donors (Lipinski definition) is 1. The van der Waals surface area contributed by atoms with Crippen LogP contribution in [0.25, 0.3) is 0 Å². The fourth-order valence-corrected chi connectivity index (χ4v) is 1.75. The standard InChI is InChI=1S/C14H15FNO.BrH/c1-11(17)13-7-8-16(10-14(13)15)9-12-5-3-2-4-6-12;/h2-8,10-11,17H,9H2,1H3;1H/q+1;/p-1/t11-;/m1./s1. The average molecular weight is 312 g/mol. The predicted octanol–water partition coefficient (Wildman–Crippen LogP) is -0.781. The smallest absolute Gasteiger partial charge is 0.205 e. The summed E-state index contributed by atoms with van der Waals surface area (Å²) in [4.78, 5) is 0. The quantitative estimate of drug-likeness (QED) is 0.739. The molecule has 0 aliphatic carbocycles. The van der Waals surface area contributed by atoms with E-state index in [0.717, 1.165) is 5.56 Å². The third-order valence-corrected chi connectivity index (χ3v) is 2.66. The minimum absolute atomic E-state index is 0. The maximum absolute atomic E-state index is 13.6. The molecule has 1 heterocycles. The van der Waals surface area contributed by atoms with Gasteiger partial charge in [-0.05, 0) is 6.92 Å². The Kier molecular flexibility index (Phi) is 5.44. The molecule has 0 spiro atoms. The van der Waals surface area contributed by atoms with Gasteiger partial charge in [0.25, 0.3) is 0 Å². The molecular formula is C14H15BrFNO. The van der Waals surface area contributed by atoms with E-state index >= 15 is 0 Å². The Morgan fingerprint density at radius 2 is 1.89 bits per heavy atom. The van der Waals surface area contributed by atoms with Gasteiger partial charge in [-0.25, -0.2) is 0 Å². The number of pyridine rings is 1. The van der Waals surface area contributed by atoms with Gasteiger partial charge in [0, 0.05) is 17.2 Å². The van der Waals surface area contributed by atoms with E-state index < -0.39 is 6.10 Å². The molecule has 2 nitrogen and oxygen atoms in total. The molecule has 1 aromatic carbocycles. The molecule has 0 bridgehead atoms. The number of halogens is 2. The number of aromatic nitrogens is 1. The molecule has 96 valence electrons. The van der Waals surface area contributed by atoms with Gasteiger partial charge in [0.05, 0.1) is 6.10 Å². The fourth-order valence-electron chi connectivity index (χ4n) is 1.75. The maximum atomic E-state index is 13.6. The van der Waals surface area contributed by atoms with Crippen LogP contribution in [0.4, 0.5) is 4.39 Å². The summed E-state index contributed by atoms with van der Waals surface area (Å²) in [7, 11) is 0. The lowest BCUT2D eigenvalue weighted by Crippen LogP contribution is -3.00. The summed E-state index contributed by atoms with van der Waals surface area (Å²) >= 11 is 0. The molecule has 0 saturated carbocycles. The lowest BCUT2D eigenvalue weighted by molar-refractivity contribution is -0.689. The molecule has 0 radical (unpaired) electrons. The Hall–Kier alpha value is -1.26. The van der Waals surface area contributed by atoms with Crippen LogP contribution < -0.4 is 21.5 Å². The highest BCUT2D eigenvalue weighted by Gasteiger charge is 2.13. The molecule has 2 rings (SSSR count). The summed E-state index contributed by atoms with van der Waals surface area (Å²) in [6, 6.07) is 11.5. The summed E-state index contributed by atoms with van der Waals surface area (Å²) in [6.07, 6.45) is 2.41. The van der Waals surface area contributed by atoms with Crippen molar-refractivity contribution in [3.05, 3.63) is 65.7 Å². The van der Waals surface area contributed by atoms with Crippen molar-refractivity contribution in [2.24, 2.45) is 0 Å². The van der Waals surface area contributed by atoms with E-state index in [9.17, 15) is 9.50 Å². The van der Waals surface area contributed by atoms with E-state index in [1.54, 1.807) is 23.8 Å². The fraction of sp³-hybridized carbons (Fsp3) is 0.214. The van der Waals surface area contributed by atoms with Crippen molar-refractivity contribution in [2.45, 2.75) is 19.6 Å². The van der Waals surface area contributed by atoms with Gasteiger partial charge in [-0.3, -0.25) is 0 Å². The number of hydrogen-bond acceptors (Lipinski definition) is 1. The van der Waals surface area contributed by atoms with E-state index in [2.05, 4.69) is 0 Å². The average Bonchev–Trinajstić information content (AvgIpc) is 2.30. The second kappa shape index (κ2) is 6.61. The van der Waals surface area contributed by atoms with Gasteiger partial charge in [0.15, 0.2) is 18.6 Å². The summed E-state index contributed by atoms with van der Waals surface area (Å²) in [5, 5.41) is 9.34. The van der Waals surface area contributed by atoms with Crippen LogP contribution in [0.3, 0.4) is 0 Å². The Morgan fingerprint density at radius 3 is 2.44 bits per heavy atom. The van der Waals surface area contributed by atoms with Gasteiger partial charge < -0.3 is 22.1 Å². The molecule has 1 atom stereocenters. The van der Waals surface area contributed by atoms with Crippen molar-refractivity contribution >= 4 is 0 Å². The van der Waals surface area contributed by atoms with Crippen LogP contribution in [-0.2, 0) is 6.54 Å². The highest BCUT2D eigenvalue weighted by molar-refractivity contribution is 5.14. The molecule has 0 saturated heterocycles. The first kappa shape index (κ1) is 14.8. The first-order valence-corrected chi connectivity index (χ1v) is 5.57. The van der Waals surface area contributed by atoms with Crippen LogP contribution in [-0.4, -0.2) is 5.11 Å². The Labute approximate surface area is 116 Å². The zero-order valence-corrected chi connectivity index (χ0v) is 11.6. The molecule has 1 N–H and O–H groups in total. The highest BCUT2D eigenvalue weighted by Crippen LogP contribution is 2.13. The van der Waals surface area contributed by atoms with Gasteiger partial charge in [-0.2, -0.15) is 8.96 Å². The Morgan fingerprint density at radius 1 is 1.22 bits per heavy atom. The zero-order chi connectivity index (χ0) is 12.3. The van der Waals surface area contributed by atoms with E-state index in [1.807, 2.05) is 30.3 Å². The molecule has 0 amide bonds. The minimum Gasteiger partial charge on any atom is -1.00 e. The second-order valence-electron chi connectivity index (χ2n) is 4.08. The van der Waals surface area contributed by atoms with E-state index in [1.165, 1.54) is 6.20 Å². The van der Waals surface area contributed by atoms with Crippen molar-refractivity contribution in [1.29, 1.82) is 0 Å². The van der Waals surface area contributed by atoms with E-state index in [-0.39, 0.29) is 22.8 Å². The highest BCUT2D eigenvalue weighted by atomic mass is 79.9. The molecule has 18 heavy (non-hydrogen) atoms. The lowest BCUT2D eigenvalue weighted by Gasteiger charge is -2.04.